The number of para-hydroxylation sites is 2. The number of ether oxygens (including phenoxy) is 2. The van der Waals surface area contributed by atoms with Gasteiger partial charge in [-0.15, -0.1) is 0 Å². The summed E-state index contributed by atoms with van der Waals surface area (Å²) in [6, 6.07) is 6.84. The lowest BCUT2D eigenvalue weighted by atomic mass is 10.1. The van der Waals surface area contributed by atoms with Crippen molar-refractivity contribution in [3.63, 3.8) is 0 Å². The number of likely N-dealkylation sites (N-methyl/N-ethyl adjacent to an activating group) is 2. The smallest absolute Gasteiger partial charge is 0.310 e. The lowest BCUT2D eigenvalue weighted by molar-refractivity contribution is -0.154. The van der Waals surface area contributed by atoms with Crippen LogP contribution in [0.2, 0.25) is 0 Å². The van der Waals surface area contributed by atoms with Crippen LogP contribution in [-0.2, 0) is 23.9 Å². The van der Waals surface area contributed by atoms with Gasteiger partial charge in [0.1, 0.15) is 5.75 Å². The van der Waals surface area contributed by atoms with E-state index in [1.54, 1.807) is 24.3 Å². The van der Waals surface area contributed by atoms with Crippen LogP contribution in [0.1, 0.15) is 6.42 Å². The van der Waals surface area contributed by atoms with Crippen LogP contribution in [0.3, 0.4) is 0 Å². The van der Waals surface area contributed by atoms with Crippen molar-refractivity contribution < 1.29 is 28.7 Å². The van der Waals surface area contributed by atoms with E-state index in [1.807, 2.05) is 0 Å². The summed E-state index contributed by atoms with van der Waals surface area (Å²) in [4.78, 5) is 47.9. The monoisotopic (exact) mass is 349 g/mol. The minimum Gasteiger partial charge on any atom is -0.478 e. The van der Waals surface area contributed by atoms with Gasteiger partial charge in [-0.2, -0.15) is 0 Å². The number of amides is 3. The zero-order valence-electron chi connectivity index (χ0n) is 13.9. The molecule has 9 nitrogen and oxygen atoms in total. The molecule has 2 rings (SSSR count). The third-order valence-electron chi connectivity index (χ3n) is 3.50. The lowest BCUT2D eigenvalue weighted by Gasteiger charge is -2.25. The maximum absolute atomic E-state index is 11.9. The number of hydrogen-bond donors (Lipinski definition) is 2. The first kappa shape index (κ1) is 18.2. The quantitative estimate of drug-likeness (QED) is 0.671. The number of nitrogens with zero attached hydrogens (tertiary/aromatic N) is 1. The molecule has 2 N–H and O–H groups in total. The first-order valence-electron chi connectivity index (χ1n) is 7.57. The van der Waals surface area contributed by atoms with Gasteiger partial charge < -0.3 is 25.0 Å². The van der Waals surface area contributed by atoms with E-state index in [4.69, 9.17) is 9.47 Å². The summed E-state index contributed by atoms with van der Waals surface area (Å²) in [5, 5.41) is 5.02. The zero-order valence-corrected chi connectivity index (χ0v) is 13.9. The molecule has 0 saturated heterocycles. The Kier molecular flexibility index (Phi) is 5.93. The average Bonchev–Trinajstić information content (AvgIpc) is 2.60. The molecule has 0 bridgehead atoms. The van der Waals surface area contributed by atoms with Crippen LogP contribution < -0.4 is 15.4 Å². The van der Waals surface area contributed by atoms with Crippen LogP contribution in [0.5, 0.6) is 5.75 Å². The van der Waals surface area contributed by atoms with E-state index in [2.05, 4.69) is 10.6 Å². The summed E-state index contributed by atoms with van der Waals surface area (Å²) in [6.07, 6.45) is -1.35. The molecule has 9 heteroatoms. The number of benzene rings is 1. The van der Waals surface area contributed by atoms with Gasteiger partial charge in [-0.1, -0.05) is 12.1 Å². The third kappa shape index (κ3) is 4.93. The molecule has 1 aromatic rings. The highest BCUT2D eigenvalue weighted by molar-refractivity contribution is 5.99. The molecule has 0 saturated carbocycles. The van der Waals surface area contributed by atoms with Crippen molar-refractivity contribution in [3.05, 3.63) is 24.3 Å². The van der Waals surface area contributed by atoms with E-state index < -0.39 is 30.5 Å². The molecule has 3 amide bonds. The second kappa shape index (κ2) is 8.13. The SMILES string of the molecule is CNC(=O)CN(C)C(=O)COC(=O)C[C@H]1Oc2ccccc2NC1=O. The number of hydrogen-bond acceptors (Lipinski definition) is 6. The minimum absolute atomic E-state index is 0.141. The molecule has 25 heavy (non-hydrogen) atoms. The predicted octanol–water partition coefficient (Wildman–Crippen LogP) is -0.476. The van der Waals surface area contributed by atoms with Crippen molar-refractivity contribution in [2.24, 2.45) is 0 Å². The number of carbonyl (C=O) groups excluding carboxylic acids is 4. The first-order valence-corrected chi connectivity index (χ1v) is 7.57. The summed E-state index contributed by atoms with van der Waals surface area (Å²) in [5.74, 6) is -1.62. The summed E-state index contributed by atoms with van der Waals surface area (Å²) in [5.41, 5.74) is 0.531. The van der Waals surface area contributed by atoms with Crippen LogP contribution in [0.4, 0.5) is 5.69 Å². The molecule has 0 radical (unpaired) electrons. The molecular weight excluding hydrogens is 330 g/mol. The van der Waals surface area contributed by atoms with Crippen LogP contribution in [0.15, 0.2) is 24.3 Å². The highest BCUT2D eigenvalue weighted by Gasteiger charge is 2.30. The van der Waals surface area contributed by atoms with Crippen LogP contribution in [0, 0.1) is 0 Å². The van der Waals surface area contributed by atoms with Crippen molar-refractivity contribution in [1.29, 1.82) is 0 Å². The van der Waals surface area contributed by atoms with Crippen molar-refractivity contribution in [3.8, 4) is 5.75 Å². The van der Waals surface area contributed by atoms with Gasteiger partial charge in [0, 0.05) is 14.1 Å². The van der Waals surface area contributed by atoms with Gasteiger partial charge >= 0.3 is 5.97 Å². The molecule has 0 spiro atoms. The maximum Gasteiger partial charge on any atom is 0.310 e. The van der Waals surface area contributed by atoms with Gasteiger partial charge in [-0.25, -0.2) is 0 Å². The molecule has 134 valence electrons. The minimum atomic E-state index is -1.03. The van der Waals surface area contributed by atoms with E-state index in [0.717, 1.165) is 4.90 Å². The highest BCUT2D eigenvalue weighted by atomic mass is 16.5. The number of rotatable bonds is 6. The van der Waals surface area contributed by atoms with Crippen molar-refractivity contribution in [2.45, 2.75) is 12.5 Å². The van der Waals surface area contributed by atoms with E-state index in [9.17, 15) is 19.2 Å². The van der Waals surface area contributed by atoms with Crippen LogP contribution in [0.25, 0.3) is 0 Å². The van der Waals surface area contributed by atoms with Crippen molar-refractivity contribution in [2.75, 3.05) is 32.6 Å². The Bertz CT molecular complexity index is 690. The van der Waals surface area contributed by atoms with Gasteiger partial charge in [-0.3, -0.25) is 19.2 Å². The standard InChI is InChI=1S/C16H19N3O6/c1-17-13(20)8-19(2)14(21)9-24-15(22)7-12-16(23)18-10-5-3-4-6-11(10)25-12/h3-6,12H,7-9H2,1-2H3,(H,17,20)(H,18,23)/t12-/m1/s1. The van der Waals surface area contributed by atoms with Crippen LogP contribution >= 0.6 is 0 Å². The Labute approximate surface area is 144 Å². The summed E-state index contributed by atoms with van der Waals surface area (Å²) in [6.45, 7) is -0.658. The van der Waals surface area contributed by atoms with Gasteiger partial charge in [-0.05, 0) is 12.1 Å². The molecule has 0 unspecified atom stereocenters. The van der Waals surface area contributed by atoms with E-state index in [-0.39, 0.29) is 18.9 Å². The first-order chi connectivity index (χ1) is 11.9. The Hall–Kier alpha value is -3.10. The molecule has 1 atom stereocenters. The zero-order chi connectivity index (χ0) is 18.4. The second-order valence-electron chi connectivity index (χ2n) is 5.38. The molecule has 0 fully saturated rings. The molecule has 0 aliphatic carbocycles. The number of nitrogens with one attached hydrogen (secondary N) is 2. The molecule has 1 aromatic carbocycles. The molecular formula is C16H19N3O6. The largest absolute Gasteiger partial charge is 0.478 e. The Morgan fingerprint density at radius 1 is 1.32 bits per heavy atom. The number of anilines is 1. The van der Waals surface area contributed by atoms with Crippen LogP contribution in [-0.4, -0.2) is 61.9 Å². The van der Waals surface area contributed by atoms with E-state index in [0.29, 0.717) is 11.4 Å². The fourth-order valence-electron chi connectivity index (χ4n) is 2.07. The molecule has 0 aromatic heterocycles. The van der Waals surface area contributed by atoms with Crippen molar-refractivity contribution >= 4 is 29.4 Å². The number of esters is 1. The Morgan fingerprint density at radius 3 is 2.76 bits per heavy atom. The highest BCUT2D eigenvalue weighted by Crippen LogP contribution is 2.29. The topological polar surface area (TPSA) is 114 Å². The Morgan fingerprint density at radius 2 is 2.04 bits per heavy atom. The third-order valence-corrected chi connectivity index (χ3v) is 3.50. The fraction of sp³-hybridized carbons (Fsp3) is 0.375. The van der Waals surface area contributed by atoms with E-state index in [1.165, 1.54) is 14.1 Å². The number of fused-ring (bicyclic) bond motifs is 1. The summed E-state index contributed by atoms with van der Waals surface area (Å²) in [7, 11) is 2.87. The molecule has 1 heterocycles. The summed E-state index contributed by atoms with van der Waals surface area (Å²) >= 11 is 0. The predicted molar refractivity (Wildman–Crippen MR) is 86.8 cm³/mol. The van der Waals surface area contributed by atoms with Crippen molar-refractivity contribution in [1.82, 2.24) is 10.2 Å². The normalized spacial score (nSPS) is 15.3. The van der Waals surface area contributed by atoms with Gasteiger partial charge in [0.25, 0.3) is 11.8 Å². The van der Waals surface area contributed by atoms with E-state index >= 15 is 0 Å². The maximum atomic E-state index is 11.9. The van der Waals surface area contributed by atoms with Gasteiger partial charge in [0.05, 0.1) is 18.7 Å². The van der Waals surface area contributed by atoms with Gasteiger partial charge in [0.2, 0.25) is 5.91 Å². The average molecular weight is 349 g/mol. The summed E-state index contributed by atoms with van der Waals surface area (Å²) < 4.78 is 10.3. The number of carbonyl (C=O) groups is 4. The Balaban J connectivity index is 1.81. The molecule has 1 aliphatic heterocycles. The fourth-order valence-corrected chi connectivity index (χ4v) is 2.07. The lowest BCUT2D eigenvalue weighted by Crippen LogP contribution is -2.40. The van der Waals surface area contributed by atoms with Gasteiger partial charge in [0.15, 0.2) is 12.7 Å². The molecule has 1 aliphatic rings. The second-order valence-corrected chi connectivity index (χ2v) is 5.38.